The molecule has 0 amide bonds. The lowest BCUT2D eigenvalue weighted by Gasteiger charge is -1.91. The Morgan fingerprint density at radius 3 is 2.62 bits per heavy atom. The molecule has 0 atom stereocenters. The van der Waals surface area contributed by atoms with E-state index in [2.05, 4.69) is 29.6 Å². The first kappa shape index (κ1) is 11.0. The summed E-state index contributed by atoms with van der Waals surface area (Å²) in [4.78, 5) is 3.37. The molecule has 0 aliphatic carbocycles. The summed E-state index contributed by atoms with van der Waals surface area (Å²) in [5, 5.41) is 1.29. The maximum absolute atomic E-state index is 5.39. The maximum Gasteiger partial charge on any atom is 0.179 e. The van der Waals surface area contributed by atoms with E-state index in [4.69, 9.17) is 4.74 Å². The minimum Gasteiger partial charge on any atom is -0.449 e. The number of hydrogen-bond acceptors (Lipinski definition) is 2. The highest BCUT2D eigenvalue weighted by molar-refractivity contribution is 5.96. The van der Waals surface area contributed by atoms with Gasteiger partial charge in [-0.15, -0.1) is 0 Å². The van der Waals surface area contributed by atoms with Crippen LogP contribution >= 0.6 is 0 Å². The largest absolute Gasteiger partial charge is 0.449 e. The van der Waals surface area contributed by atoms with Crippen LogP contribution in [0.4, 0.5) is 0 Å². The van der Waals surface area contributed by atoms with Crippen molar-refractivity contribution in [1.29, 1.82) is 0 Å². The zero-order valence-corrected chi connectivity index (χ0v) is 10.2. The number of rotatable bonds is 1. The number of ether oxygens (including phenoxy) is 2. The third-order valence-electron chi connectivity index (χ3n) is 2.72. The van der Waals surface area contributed by atoms with E-state index in [1.807, 2.05) is 6.07 Å². The zero-order valence-electron chi connectivity index (χ0n) is 10.2. The molecule has 0 unspecified atom stereocenters. The monoisotopic (exact) mass is 219 g/mol. The number of aromatic amines is 1. The number of fused-ring (bicyclic) bond motifs is 3. The van der Waals surface area contributed by atoms with Crippen molar-refractivity contribution in [3.63, 3.8) is 0 Å². The molecule has 2 aromatic rings. The Labute approximate surface area is 95.4 Å². The van der Waals surface area contributed by atoms with Gasteiger partial charge in [0.15, 0.2) is 11.5 Å². The molecule has 1 aliphatic heterocycles. The van der Waals surface area contributed by atoms with Crippen LogP contribution in [0.25, 0.3) is 10.9 Å². The lowest BCUT2D eigenvalue weighted by molar-refractivity contribution is 0.277. The Balaban J connectivity index is 0.000000292. The van der Waals surface area contributed by atoms with E-state index in [1.54, 1.807) is 14.2 Å². The normalized spacial score (nSPS) is 11.5. The summed E-state index contributed by atoms with van der Waals surface area (Å²) >= 11 is 0. The molecule has 86 valence electrons. The lowest BCUT2D eigenvalue weighted by Crippen LogP contribution is -1.79. The number of methoxy groups -OCH3 is 1. The van der Waals surface area contributed by atoms with E-state index >= 15 is 0 Å². The van der Waals surface area contributed by atoms with Crippen LogP contribution in [0.3, 0.4) is 0 Å². The van der Waals surface area contributed by atoms with Crippen LogP contribution in [0.1, 0.15) is 18.2 Å². The summed E-state index contributed by atoms with van der Waals surface area (Å²) < 4.78 is 9.64. The van der Waals surface area contributed by atoms with Crippen molar-refractivity contribution in [3.8, 4) is 11.5 Å². The predicted octanol–water partition coefficient (Wildman–Crippen LogP) is 3.41. The summed E-state index contributed by atoms with van der Waals surface area (Å²) in [6.45, 7) is 4.30. The van der Waals surface area contributed by atoms with E-state index in [-0.39, 0.29) is 0 Å². The van der Waals surface area contributed by atoms with Crippen molar-refractivity contribution >= 4 is 10.9 Å². The fourth-order valence-electron chi connectivity index (χ4n) is 2.04. The molecule has 0 bridgehead atoms. The SMILES string of the molecule is CCc1c(C)[nH]c2ccc3c(c12)O3.COC. The Kier molecular flexibility index (Phi) is 2.88. The summed E-state index contributed by atoms with van der Waals surface area (Å²) in [6.07, 6.45) is 1.06. The molecule has 0 radical (unpaired) electrons. The van der Waals surface area contributed by atoms with Gasteiger partial charge in [-0.3, -0.25) is 0 Å². The van der Waals surface area contributed by atoms with E-state index < -0.39 is 0 Å². The molecule has 0 saturated heterocycles. The van der Waals surface area contributed by atoms with E-state index in [9.17, 15) is 0 Å². The van der Waals surface area contributed by atoms with Crippen LogP contribution < -0.4 is 4.74 Å². The van der Waals surface area contributed by atoms with E-state index in [0.29, 0.717) is 0 Å². The Hall–Kier alpha value is -1.48. The van der Waals surface area contributed by atoms with Gasteiger partial charge in [-0.1, -0.05) is 6.92 Å². The van der Waals surface area contributed by atoms with E-state index in [1.165, 1.54) is 22.2 Å². The number of aromatic nitrogens is 1. The second-order valence-electron chi connectivity index (χ2n) is 3.91. The minimum atomic E-state index is 1.04. The highest BCUT2D eigenvalue weighted by Gasteiger charge is 2.26. The van der Waals surface area contributed by atoms with Crippen molar-refractivity contribution < 1.29 is 9.47 Å². The summed E-state index contributed by atoms with van der Waals surface area (Å²) in [7, 11) is 3.25. The molecule has 0 fully saturated rings. The Morgan fingerprint density at radius 1 is 1.31 bits per heavy atom. The minimum absolute atomic E-state index is 1.04. The molecular formula is C13H17NO2. The van der Waals surface area contributed by atoms with Crippen LogP contribution in [-0.2, 0) is 11.2 Å². The van der Waals surface area contributed by atoms with Crippen LogP contribution in [-0.4, -0.2) is 19.2 Å². The van der Waals surface area contributed by atoms with Crippen molar-refractivity contribution in [3.05, 3.63) is 23.4 Å². The second kappa shape index (κ2) is 4.18. The topological polar surface area (TPSA) is 37.5 Å². The summed E-state index contributed by atoms with van der Waals surface area (Å²) in [5.41, 5.74) is 3.86. The van der Waals surface area contributed by atoms with Crippen LogP contribution in [0.2, 0.25) is 0 Å². The van der Waals surface area contributed by atoms with Gasteiger partial charge in [0, 0.05) is 30.8 Å². The first-order valence-corrected chi connectivity index (χ1v) is 5.45. The fourth-order valence-corrected chi connectivity index (χ4v) is 2.04. The fraction of sp³-hybridized carbons (Fsp3) is 0.385. The molecular weight excluding hydrogens is 202 g/mol. The van der Waals surface area contributed by atoms with Gasteiger partial charge in [0.25, 0.3) is 0 Å². The predicted molar refractivity (Wildman–Crippen MR) is 65.4 cm³/mol. The third-order valence-corrected chi connectivity index (χ3v) is 2.72. The van der Waals surface area contributed by atoms with Crippen LogP contribution in [0.15, 0.2) is 12.1 Å². The zero-order chi connectivity index (χ0) is 11.7. The standard InChI is InChI=1S/C11H11NO.C2H6O/c1-3-7-6(2)12-8-4-5-9-11(13-9)10(7)8;1-3-2/h4-5,12H,3H2,1-2H3;1-2H3. The molecule has 0 spiro atoms. The highest BCUT2D eigenvalue weighted by Crippen LogP contribution is 2.51. The summed E-state index contributed by atoms with van der Waals surface area (Å²) in [5.74, 6) is 2.12. The average molecular weight is 219 g/mol. The quantitative estimate of drug-likeness (QED) is 0.637. The van der Waals surface area contributed by atoms with Gasteiger partial charge in [0.1, 0.15) is 0 Å². The van der Waals surface area contributed by atoms with Crippen LogP contribution in [0.5, 0.6) is 11.5 Å². The number of hydrogen-bond donors (Lipinski definition) is 1. The molecule has 1 N–H and O–H groups in total. The van der Waals surface area contributed by atoms with Gasteiger partial charge in [-0.2, -0.15) is 0 Å². The molecule has 3 nitrogen and oxygen atoms in total. The molecule has 1 aromatic heterocycles. The first-order valence-electron chi connectivity index (χ1n) is 5.45. The van der Waals surface area contributed by atoms with Gasteiger partial charge in [-0.25, -0.2) is 0 Å². The van der Waals surface area contributed by atoms with E-state index in [0.717, 1.165) is 17.9 Å². The smallest absolute Gasteiger partial charge is 0.179 e. The molecule has 0 saturated carbocycles. The molecule has 1 aliphatic rings. The summed E-state index contributed by atoms with van der Waals surface area (Å²) in [6, 6.07) is 4.11. The Bertz CT molecular complexity index is 514. The van der Waals surface area contributed by atoms with Gasteiger partial charge >= 0.3 is 0 Å². The van der Waals surface area contributed by atoms with Crippen LogP contribution in [0, 0.1) is 6.92 Å². The van der Waals surface area contributed by atoms with Gasteiger partial charge in [0.05, 0.1) is 0 Å². The Morgan fingerprint density at radius 2 is 2.00 bits per heavy atom. The maximum atomic E-state index is 5.39. The highest BCUT2D eigenvalue weighted by atomic mass is 16.6. The third kappa shape index (κ3) is 1.67. The lowest BCUT2D eigenvalue weighted by atomic mass is 10.1. The average Bonchev–Trinajstić information content (AvgIpc) is 2.96. The first-order chi connectivity index (χ1) is 7.72. The second-order valence-corrected chi connectivity index (χ2v) is 3.91. The number of benzene rings is 1. The molecule has 2 heterocycles. The number of H-pyrrole nitrogens is 1. The van der Waals surface area contributed by atoms with Gasteiger partial charge in [0.2, 0.25) is 0 Å². The van der Waals surface area contributed by atoms with Crippen molar-refractivity contribution in [1.82, 2.24) is 4.98 Å². The van der Waals surface area contributed by atoms with Gasteiger partial charge in [-0.05, 0) is 31.0 Å². The molecule has 16 heavy (non-hydrogen) atoms. The molecule has 3 rings (SSSR count). The van der Waals surface area contributed by atoms with Crippen molar-refractivity contribution in [2.45, 2.75) is 20.3 Å². The molecule has 3 heteroatoms. The van der Waals surface area contributed by atoms with Gasteiger partial charge < -0.3 is 14.5 Å². The van der Waals surface area contributed by atoms with Crippen molar-refractivity contribution in [2.24, 2.45) is 0 Å². The number of aryl methyl sites for hydroxylation is 2. The van der Waals surface area contributed by atoms with Crippen molar-refractivity contribution in [2.75, 3.05) is 14.2 Å². The number of nitrogens with one attached hydrogen (secondary N) is 1. The molecule has 1 aromatic carbocycles.